The summed E-state index contributed by atoms with van der Waals surface area (Å²) in [4.78, 5) is 12.3. The maximum atomic E-state index is 12.3. The van der Waals surface area contributed by atoms with Gasteiger partial charge in [0.05, 0.1) is 12.0 Å². The van der Waals surface area contributed by atoms with E-state index in [1.165, 1.54) is 0 Å². The van der Waals surface area contributed by atoms with Crippen LogP contribution in [-0.4, -0.2) is 18.9 Å². The van der Waals surface area contributed by atoms with Gasteiger partial charge < -0.3 is 9.47 Å². The van der Waals surface area contributed by atoms with Crippen LogP contribution in [0, 0.1) is 17.3 Å². The number of esters is 1. The van der Waals surface area contributed by atoms with Crippen LogP contribution >= 0.6 is 0 Å². The first-order valence-electron chi connectivity index (χ1n) is 6.71. The quantitative estimate of drug-likeness (QED) is 0.709. The lowest BCUT2D eigenvalue weighted by Gasteiger charge is -2.36. The maximum Gasteiger partial charge on any atom is 0.314 e. The third kappa shape index (κ3) is 3.21. The first-order valence-corrected chi connectivity index (χ1v) is 6.71. The zero-order chi connectivity index (χ0) is 13.1. The molecule has 0 aromatic rings. The Bertz CT molecular complexity index is 244. The normalized spacial score (nSPS) is 21.9. The molecule has 0 aromatic heterocycles. The number of rotatable bonds is 4. The molecule has 1 heterocycles. The van der Waals surface area contributed by atoms with Crippen molar-refractivity contribution in [2.75, 3.05) is 6.61 Å². The second kappa shape index (κ2) is 5.85. The van der Waals surface area contributed by atoms with Gasteiger partial charge in [0.2, 0.25) is 6.29 Å². The van der Waals surface area contributed by atoms with Crippen molar-refractivity contribution >= 4 is 5.97 Å². The Morgan fingerprint density at radius 3 is 2.24 bits per heavy atom. The van der Waals surface area contributed by atoms with Gasteiger partial charge in [-0.25, -0.2) is 0 Å². The highest BCUT2D eigenvalue weighted by molar-refractivity contribution is 5.77. The minimum Gasteiger partial charge on any atom is -0.435 e. The fourth-order valence-corrected chi connectivity index (χ4v) is 2.19. The van der Waals surface area contributed by atoms with Gasteiger partial charge >= 0.3 is 5.97 Å². The van der Waals surface area contributed by atoms with Gasteiger partial charge in [0.15, 0.2) is 0 Å². The smallest absolute Gasteiger partial charge is 0.314 e. The monoisotopic (exact) mass is 242 g/mol. The molecule has 0 aliphatic carbocycles. The fourth-order valence-electron chi connectivity index (χ4n) is 2.19. The number of ether oxygens (including phenoxy) is 2. The molecule has 1 aliphatic heterocycles. The van der Waals surface area contributed by atoms with Crippen molar-refractivity contribution in [3.63, 3.8) is 0 Å². The molecule has 0 aromatic carbocycles. The Balaban J connectivity index is 2.65. The molecule has 3 heteroatoms. The topological polar surface area (TPSA) is 35.5 Å². The van der Waals surface area contributed by atoms with Crippen LogP contribution in [0.3, 0.4) is 0 Å². The molecule has 0 bridgehead atoms. The van der Waals surface area contributed by atoms with Crippen LogP contribution in [0.2, 0.25) is 0 Å². The molecule has 1 aliphatic rings. The van der Waals surface area contributed by atoms with Gasteiger partial charge in [-0.1, -0.05) is 27.7 Å². The van der Waals surface area contributed by atoms with Crippen LogP contribution in [0.25, 0.3) is 0 Å². The van der Waals surface area contributed by atoms with E-state index in [4.69, 9.17) is 9.47 Å². The minimum absolute atomic E-state index is 0.116. The average Bonchev–Trinajstić information content (AvgIpc) is 2.28. The molecule has 100 valence electrons. The van der Waals surface area contributed by atoms with Gasteiger partial charge in [0.25, 0.3) is 0 Å². The zero-order valence-electron chi connectivity index (χ0n) is 11.8. The van der Waals surface area contributed by atoms with E-state index in [1.807, 2.05) is 6.92 Å². The Labute approximate surface area is 105 Å². The van der Waals surface area contributed by atoms with Crippen LogP contribution in [0.15, 0.2) is 0 Å². The molecule has 1 saturated heterocycles. The van der Waals surface area contributed by atoms with Crippen LogP contribution in [-0.2, 0) is 14.3 Å². The lowest BCUT2D eigenvalue weighted by Crippen LogP contribution is -2.42. The van der Waals surface area contributed by atoms with Gasteiger partial charge in [0, 0.05) is 6.42 Å². The molecule has 1 atom stereocenters. The summed E-state index contributed by atoms with van der Waals surface area (Å²) in [6.07, 6.45) is 2.66. The van der Waals surface area contributed by atoms with Gasteiger partial charge in [-0.15, -0.1) is 0 Å². The summed E-state index contributed by atoms with van der Waals surface area (Å²) < 4.78 is 11.0. The molecule has 3 nitrogen and oxygen atoms in total. The Hall–Kier alpha value is -0.570. The van der Waals surface area contributed by atoms with Crippen molar-refractivity contribution in [1.29, 1.82) is 0 Å². The lowest BCUT2D eigenvalue weighted by molar-refractivity contribution is -0.201. The summed E-state index contributed by atoms with van der Waals surface area (Å²) in [5.74, 6) is 0.409. The molecule has 0 spiro atoms. The van der Waals surface area contributed by atoms with Gasteiger partial charge in [-0.2, -0.15) is 0 Å². The maximum absolute atomic E-state index is 12.3. The summed E-state index contributed by atoms with van der Waals surface area (Å²) in [5.41, 5.74) is -0.430. The molecule has 0 amide bonds. The molecule has 17 heavy (non-hydrogen) atoms. The standard InChI is InChI=1S/C14H26O3/c1-10(2)14(5,11(3)4)13(15)17-12-8-6-7-9-16-12/h10-12H,6-9H2,1-5H3. The van der Waals surface area contributed by atoms with Crippen molar-refractivity contribution in [1.82, 2.24) is 0 Å². The highest BCUT2D eigenvalue weighted by Crippen LogP contribution is 2.37. The molecular weight excluding hydrogens is 216 g/mol. The SMILES string of the molecule is CC(C)C(C)(C(=O)OC1CCCCO1)C(C)C. The van der Waals surface area contributed by atoms with Crippen molar-refractivity contribution in [3.05, 3.63) is 0 Å². The highest BCUT2D eigenvalue weighted by atomic mass is 16.7. The summed E-state index contributed by atoms with van der Waals surface area (Å²) in [6.45, 7) is 11.0. The number of carbonyl (C=O) groups excluding carboxylic acids is 1. The summed E-state index contributed by atoms with van der Waals surface area (Å²) in [7, 11) is 0. The third-order valence-electron chi connectivity index (χ3n) is 4.21. The highest BCUT2D eigenvalue weighted by Gasteiger charge is 2.42. The predicted molar refractivity (Wildman–Crippen MR) is 67.5 cm³/mol. The summed E-state index contributed by atoms with van der Waals surface area (Å²) in [6, 6.07) is 0. The average molecular weight is 242 g/mol. The van der Waals surface area contributed by atoms with Crippen LogP contribution in [0.4, 0.5) is 0 Å². The molecule has 0 saturated carbocycles. The van der Waals surface area contributed by atoms with Gasteiger partial charge in [0.1, 0.15) is 0 Å². The largest absolute Gasteiger partial charge is 0.435 e. The molecule has 0 N–H and O–H groups in total. The Morgan fingerprint density at radius 2 is 1.82 bits per heavy atom. The first kappa shape index (κ1) is 14.5. The zero-order valence-corrected chi connectivity index (χ0v) is 11.8. The molecule has 0 radical (unpaired) electrons. The molecule has 1 fully saturated rings. The minimum atomic E-state index is -0.430. The Kier molecular flexibility index (Phi) is 4.99. The van der Waals surface area contributed by atoms with Gasteiger partial charge in [-0.05, 0) is 31.6 Å². The number of hydrogen-bond donors (Lipinski definition) is 0. The van der Waals surface area contributed by atoms with E-state index in [0.29, 0.717) is 6.61 Å². The summed E-state index contributed by atoms with van der Waals surface area (Å²) in [5, 5.41) is 0. The van der Waals surface area contributed by atoms with E-state index < -0.39 is 5.41 Å². The van der Waals surface area contributed by atoms with E-state index in [9.17, 15) is 4.79 Å². The molecule has 1 unspecified atom stereocenters. The van der Waals surface area contributed by atoms with E-state index in [-0.39, 0.29) is 24.1 Å². The Morgan fingerprint density at radius 1 is 1.24 bits per heavy atom. The van der Waals surface area contributed by atoms with Crippen LogP contribution < -0.4 is 0 Å². The van der Waals surface area contributed by atoms with E-state index >= 15 is 0 Å². The lowest BCUT2D eigenvalue weighted by atomic mass is 9.70. The second-order valence-corrected chi connectivity index (χ2v) is 5.79. The van der Waals surface area contributed by atoms with Gasteiger partial charge in [-0.3, -0.25) is 4.79 Å². The molecule has 1 rings (SSSR count). The number of carbonyl (C=O) groups is 1. The van der Waals surface area contributed by atoms with E-state index in [0.717, 1.165) is 19.3 Å². The second-order valence-electron chi connectivity index (χ2n) is 5.79. The first-order chi connectivity index (χ1) is 7.89. The fraction of sp³-hybridized carbons (Fsp3) is 0.929. The van der Waals surface area contributed by atoms with Crippen molar-refractivity contribution < 1.29 is 14.3 Å². The van der Waals surface area contributed by atoms with E-state index in [2.05, 4.69) is 27.7 Å². The predicted octanol–water partition coefficient (Wildman–Crippen LogP) is 3.37. The van der Waals surface area contributed by atoms with Crippen molar-refractivity contribution in [3.8, 4) is 0 Å². The van der Waals surface area contributed by atoms with Crippen molar-refractivity contribution in [2.45, 2.75) is 60.2 Å². The van der Waals surface area contributed by atoms with E-state index in [1.54, 1.807) is 0 Å². The number of hydrogen-bond acceptors (Lipinski definition) is 3. The molecular formula is C14H26O3. The summed E-state index contributed by atoms with van der Waals surface area (Å²) >= 11 is 0. The van der Waals surface area contributed by atoms with Crippen molar-refractivity contribution in [2.24, 2.45) is 17.3 Å². The third-order valence-corrected chi connectivity index (χ3v) is 4.21. The van der Waals surface area contributed by atoms with Crippen LogP contribution in [0.1, 0.15) is 53.9 Å². The van der Waals surface area contributed by atoms with Crippen LogP contribution in [0.5, 0.6) is 0 Å².